The molecule has 0 atom stereocenters. The van der Waals surface area contributed by atoms with Gasteiger partial charge in [0.25, 0.3) is 0 Å². The van der Waals surface area contributed by atoms with Crippen LogP contribution in [0.1, 0.15) is 123 Å². The van der Waals surface area contributed by atoms with Crippen molar-refractivity contribution in [2.45, 2.75) is 94.8 Å². The third-order valence-electron chi connectivity index (χ3n) is 9.63. The van der Waals surface area contributed by atoms with Crippen molar-refractivity contribution in [1.29, 1.82) is 0 Å². The van der Waals surface area contributed by atoms with Crippen LogP contribution in [0, 0.1) is 20.3 Å². The van der Waals surface area contributed by atoms with E-state index in [1.165, 1.54) is 66.3 Å². The van der Waals surface area contributed by atoms with Crippen molar-refractivity contribution in [3.05, 3.63) is 200 Å². The van der Waals surface area contributed by atoms with Gasteiger partial charge in [-0.3, -0.25) is 0 Å². The minimum absolute atomic E-state index is 0. The van der Waals surface area contributed by atoms with Crippen LogP contribution in [0.4, 0.5) is 0 Å². The predicted octanol–water partition coefficient (Wildman–Crippen LogP) is 13.9. The van der Waals surface area contributed by atoms with Crippen molar-refractivity contribution < 1.29 is 38.1 Å². The van der Waals surface area contributed by atoms with Gasteiger partial charge in [-0.1, -0.05) is 191 Å². The second-order valence-corrected chi connectivity index (χ2v) is 13.0. The van der Waals surface area contributed by atoms with E-state index < -0.39 is 0 Å². The summed E-state index contributed by atoms with van der Waals surface area (Å²) in [6, 6.07) is 56.1. The summed E-state index contributed by atoms with van der Waals surface area (Å²) in [5.74, 6) is 1.79. The van der Waals surface area contributed by atoms with Gasteiger partial charge in [-0.05, 0) is 57.4 Å². The summed E-state index contributed by atoms with van der Waals surface area (Å²) in [6.45, 7) is 11.4. The Labute approximate surface area is 330 Å². The van der Waals surface area contributed by atoms with Crippen molar-refractivity contribution >= 4 is 0 Å². The van der Waals surface area contributed by atoms with E-state index in [4.69, 9.17) is 0 Å². The number of unbranched alkanes of at least 4 members (excludes halogenated alkanes) is 2. The second kappa shape index (κ2) is 25.3. The van der Waals surface area contributed by atoms with Gasteiger partial charge >= 0.3 is 0 Å². The maximum Gasteiger partial charge on any atom is 0 e. The molecule has 2 saturated carbocycles. The van der Waals surface area contributed by atoms with Crippen LogP contribution in [0.2, 0.25) is 0 Å². The summed E-state index contributed by atoms with van der Waals surface area (Å²) in [7, 11) is 0. The molecule has 5 aromatic carbocycles. The van der Waals surface area contributed by atoms with Crippen molar-refractivity contribution in [1.82, 2.24) is 0 Å². The van der Waals surface area contributed by atoms with E-state index in [1.807, 2.05) is 0 Å². The van der Waals surface area contributed by atoms with E-state index >= 15 is 0 Å². The van der Waals surface area contributed by atoms with Crippen LogP contribution >= 0.6 is 0 Å². The SMILES string of the molecule is [CH-]1CCCC1.[CH2-]CCC.[CH2-]CCC.[Fe].[Pt].c1ccc(C2C(c3ccccc3)C(c3ccccc3)C(c3ccccc3)C2c2ccccc2)cc1. The molecule has 5 aromatic rings. The normalized spacial score (nSPS) is 20.2. The average Bonchev–Trinajstić information content (AvgIpc) is 3.88. The Morgan fingerprint density at radius 1 is 0.420 bits per heavy atom. The molecule has 0 unspecified atom stereocenters. The zero-order valence-electron chi connectivity index (χ0n) is 30.1. The largest absolute Gasteiger partial charge is 0.343 e. The average molecular weight is 885 g/mol. The van der Waals surface area contributed by atoms with E-state index in [9.17, 15) is 0 Å². The summed E-state index contributed by atoms with van der Waals surface area (Å²) < 4.78 is 0. The van der Waals surface area contributed by atoms with Gasteiger partial charge in [0.1, 0.15) is 0 Å². The molecule has 2 aliphatic rings. The van der Waals surface area contributed by atoms with Gasteiger partial charge < -0.3 is 20.3 Å². The molecule has 0 radical (unpaired) electrons. The third kappa shape index (κ3) is 12.5. The molecule has 7 rings (SSSR count). The van der Waals surface area contributed by atoms with Crippen LogP contribution < -0.4 is 0 Å². The number of rotatable bonds is 7. The van der Waals surface area contributed by atoms with Crippen LogP contribution in [-0.2, 0) is 38.1 Å². The van der Waals surface area contributed by atoms with E-state index in [0.717, 1.165) is 12.8 Å². The smallest absolute Gasteiger partial charge is 0 e. The van der Waals surface area contributed by atoms with Crippen molar-refractivity contribution in [2.75, 3.05) is 0 Å². The standard InChI is InChI=1S/C35H30.C5H9.2C4H9.Fe.Pt/c1-6-16-26(17-7-1)31-32(27-18-8-2-9-19-27)34(29-22-12-4-13-23-29)35(30-24-14-5-15-25-30)33(31)28-20-10-3-11-21-28;1-2-4-5-3-1;2*1-3-4-2;;/h1-25,31-35H;1H,2-5H2;2*1,3-4H2,2H3;;/q;3*-1;;. The number of hydrogen-bond donors (Lipinski definition) is 0. The zero-order chi connectivity index (χ0) is 33.8. The quantitative estimate of drug-likeness (QED) is 0.113. The topological polar surface area (TPSA) is 0 Å². The monoisotopic (exact) mass is 884 g/mol. The molecule has 2 heteroatoms. The fourth-order valence-corrected chi connectivity index (χ4v) is 7.29. The van der Waals surface area contributed by atoms with E-state index in [-0.39, 0.29) is 38.1 Å². The van der Waals surface area contributed by atoms with Gasteiger partial charge in [-0.2, -0.15) is 25.7 Å². The van der Waals surface area contributed by atoms with Crippen LogP contribution in [0.15, 0.2) is 152 Å². The van der Waals surface area contributed by atoms with Gasteiger partial charge in [0, 0.05) is 38.1 Å². The van der Waals surface area contributed by atoms with Gasteiger partial charge in [0.2, 0.25) is 0 Å². The Morgan fingerprint density at radius 2 is 0.600 bits per heavy atom. The first-order chi connectivity index (χ1) is 23.7. The van der Waals surface area contributed by atoms with Gasteiger partial charge in [0.05, 0.1) is 0 Å². The molecule has 2 aliphatic carbocycles. The summed E-state index contributed by atoms with van der Waals surface area (Å²) in [5.41, 5.74) is 7.13. The molecular weight excluding hydrogens is 827 g/mol. The summed E-state index contributed by atoms with van der Waals surface area (Å²) in [4.78, 5) is 0. The molecule has 2 fully saturated rings. The fourth-order valence-electron chi connectivity index (χ4n) is 7.29. The zero-order valence-corrected chi connectivity index (χ0v) is 33.5. The molecule has 0 aliphatic heterocycles. The molecule has 0 bridgehead atoms. The molecule has 0 heterocycles. The van der Waals surface area contributed by atoms with Gasteiger partial charge in [-0.15, -0.1) is 0 Å². The van der Waals surface area contributed by atoms with Crippen LogP contribution in [0.3, 0.4) is 0 Å². The molecule has 50 heavy (non-hydrogen) atoms. The van der Waals surface area contributed by atoms with Gasteiger partial charge in [-0.25, -0.2) is 0 Å². The van der Waals surface area contributed by atoms with E-state index in [0.29, 0.717) is 29.6 Å². The van der Waals surface area contributed by atoms with Crippen molar-refractivity contribution in [2.24, 2.45) is 0 Å². The van der Waals surface area contributed by atoms with E-state index in [1.54, 1.807) is 0 Å². The van der Waals surface area contributed by atoms with Gasteiger partial charge in [0.15, 0.2) is 0 Å². The Balaban J connectivity index is 0.000000494. The van der Waals surface area contributed by atoms with Crippen molar-refractivity contribution in [3.63, 3.8) is 0 Å². The number of hydrogen-bond acceptors (Lipinski definition) is 0. The fraction of sp³-hybridized carbons (Fsp3) is 0.312. The Hall–Kier alpha value is -2.69. The Bertz CT molecular complexity index is 1210. The first-order valence-electron chi connectivity index (χ1n) is 18.4. The molecule has 0 amide bonds. The molecular formula is C48H57FePt-3. The second-order valence-electron chi connectivity index (χ2n) is 13.0. The maximum atomic E-state index is 3.60. The first kappa shape index (κ1) is 43.5. The summed E-state index contributed by atoms with van der Waals surface area (Å²) in [6.07, 6.45) is 12.6. The van der Waals surface area contributed by atoms with E-state index in [2.05, 4.69) is 186 Å². The van der Waals surface area contributed by atoms with Crippen LogP contribution in [0.5, 0.6) is 0 Å². The van der Waals surface area contributed by atoms with Crippen LogP contribution in [-0.4, -0.2) is 0 Å². The molecule has 270 valence electrons. The predicted molar refractivity (Wildman–Crippen MR) is 209 cm³/mol. The third-order valence-corrected chi connectivity index (χ3v) is 9.63. The molecule has 0 N–H and O–H groups in total. The minimum atomic E-state index is 0. The van der Waals surface area contributed by atoms with Crippen molar-refractivity contribution in [3.8, 4) is 0 Å². The maximum absolute atomic E-state index is 3.60. The molecule has 0 nitrogen and oxygen atoms in total. The Kier molecular flexibility index (Phi) is 22.0. The summed E-state index contributed by atoms with van der Waals surface area (Å²) >= 11 is 0. The first-order valence-corrected chi connectivity index (χ1v) is 18.4. The number of benzene rings is 5. The molecule has 0 spiro atoms. The van der Waals surface area contributed by atoms with Crippen LogP contribution in [0.25, 0.3) is 0 Å². The summed E-state index contributed by atoms with van der Waals surface area (Å²) in [5, 5.41) is 0. The molecule has 0 saturated heterocycles. The molecule has 0 aromatic heterocycles. The minimum Gasteiger partial charge on any atom is -0.343 e. The Morgan fingerprint density at radius 3 is 0.720 bits per heavy atom.